The Morgan fingerprint density at radius 1 is 1.44 bits per heavy atom. The standard InChI is InChI=1S/C13H20N2O3/c1-4-10(2)8-14-9-11-5-12(15(16)17)7-13(6-11)18-3/h5-7,10,14H,4,8-9H2,1-3H3. The van der Waals surface area contributed by atoms with Crippen LogP contribution in [0.15, 0.2) is 18.2 Å². The largest absolute Gasteiger partial charge is 0.496 e. The molecular formula is C13H20N2O3. The summed E-state index contributed by atoms with van der Waals surface area (Å²) in [5, 5.41) is 14.1. The fraction of sp³-hybridized carbons (Fsp3) is 0.538. The number of nitro groups is 1. The van der Waals surface area contributed by atoms with Gasteiger partial charge in [0.1, 0.15) is 5.75 Å². The fourth-order valence-electron chi connectivity index (χ4n) is 1.58. The van der Waals surface area contributed by atoms with Crippen molar-refractivity contribution in [1.82, 2.24) is 5.32 Å². The van der Waals surface area contributed by atoms with Gasteiger partial charge in [-0.3, -0.25) is 10.1 Å². The third kappa shape index (κ3) is 4.33. The van der Waals surface area contributed by atoms with Gasteiger partial charge in [0.15, 0.2) is 0 Å². The average Bonchev–Trinajstić information content (AvgIpc) is 2.37. The summed E-state index contributed by atoms with van der Waals surface area (Å²) in [6.07, 6.45) is 1.12. The summed E-state index contributed by atoms with van der Waals surface area (Å²) in [6, 6.07) is 4.82. The molecule has 1 aromatic rings. The molecule has 0 fully saturated rings. The van der Waals surface area contributed by atoms with E-state index in [1.807, 2.05) is 6.07 Å². The quantitative estimate of drug-likeness (QED) is 0.598. The van der Waals surface area contributed by atoms with Gasteiger partial charge in [-0.05, 0) is 24.1 Å². The molecule has 0 saturated carbocycles. The minimum absolute atomic E-state index is 0.0645. The van der Waals surface area contributed by atoms with Crippen LogP contribution in [0.2, 0.25) is 0 Å². The van der Waals surface area contributed by atoms with Crippen molar-refractivity contribution < 1.29 is 9.66 Å². The highest BCUT2D eigenvalue weighted by Gasteiger charge is 2.10. The molecular weight excluding hydrogens is 232 g/mol. The molecule has 5 nitrogen and oxygen atoms in total. The van der Waals surface area contributed by atoms with E-state index in [1.54, 1.807) is 6.07 Å². The third-order valence-electron chi connectivity index (χ3n) is 2.92. The molecule has 1 unspecified atom stereocenters. The number of rotatable bonds is 7. The van der Waals surface area contributed by atoms with Crippen molar-refractivity contribution in [2.24, 2.45) is 5.92 Å². The Balaban J connectivity index is 2.69. The second kappa shape index (κ2) is 6.96. The molecule has 1 aromatic carbocycles. The number of ether oxygens (including phenoxy) is 1. The Morgan fingerprint density at radius 3 is 2.72 bits per heavy atom. The van der Waals surface area contributed by atoms with Gasteiger partial charge in [-0.15, -0.1) is 0 Å². The molecule has 0 radical (unpaired) electrons. The van der Waals surface area contributed by atoms with Crippen LogP contribution in [0.25, 0.3) is 0 Å². The minimum atomic E-state index is -0.402. The summed E-state index contributed by atoms with van der Waals surface area (Å²) >= 11 is 0. The van der Waals surface area contributed by atoms with E-state index >= 15 is 0 Å². The van der Waals surface area contributed by atoms with Gasteiger partial charge in [-0.25, -0.2) is 0 Å². The zero-order valence-corrected chi connectivity index (χ0v) is 11.1. The van der Waals surface area contributed by atoms with Crippen LogP contribution in [0.3, 0.4) is 0 Å². The van der Waals surface area contributed by atoms with Crippen LogP contribution in [0.1, 0.15) is 25.8 Å². The molecule has 0 spiro atoms. The first-order valence-electron chi connectivity index (χ1n) is 6.09. The van der Waals surface area contributed by atoms with Crippen LogP contribution in [0.5, 0.6) is 5.75 Å². The highest BCUT2D eigenvalue weighted by atomic mass is 16.6. The summed E-state index contributed by atoms with van der Waals surface area (Å²) in [6.45, 7) is 5.83. The van der Waals surface area contributed by atoms with Gasteiger partial charge in [0.25, 0.3) is 5.69 Å². The molecule has 5 heteroatoms. The molecule has 1 rings (SSSR count). The molecule has 0 bridgehead atoms. The van der Waals surface area contributed by atoms with E-state index in [9.17, 15) is 10.1 Å². The highest BCUT2D eigenvalue weighted by molar-refractivity contribution is 5.42. The first kappa shape index (κ1) is 14.4. The van der Waals surface area contributed by atoms with Crippen molar-refractivity contribution >= 4 is 5.69 Å². The third-order valence-corrected chi connectivity index (χ3v) is 2.92. The van der Waals surface area contributed by atoms with Gasteiger partial charge in [-0.1, -0.05) is 20.3 Å². The van der Waals surface area contributed by atoms with Crippen LogP contribution < -0.4 is 10.1 Å². The zero-order chi connectivity index (χ0) is 13.5. The SMILES string of the molecule is CCC(C)CNCc1cc(OC)cc([N+](=O)[O-])c1. The molecule has 0 heterocycles. The Morgan fingerprint density at radius 2 is 2.17 bits per heavy atom. The lowest BCUT2D eigenvalue weighted by Gasteiger charge is -2.10. The molecule has 1 atom stereocenters. The highest BCUT2D eigenvalue weighted by Crippen LogP contribution is 2.22. The van der Waals surface area contributed by atoms with Crippen LogP contribution in [0, 0.1) is 16.0 Å². The lowest BCUT2D eigenvalue weighted by molar-refractivity contribution is -0.385. The van der Waals surface area contributed by atoms with Crippen molar-refractivity contribution in [3.05, 3.63) is 33.9 Å². The van der Waals surface area contributed by atoms with Crippen molar-refractivity contribution in [3.8, 4) is 5.75 Å². The molecule has 0 aliphatic heterocycles. The van der Waals surface area contributed by atoms with Gasteiger partial charge >= 0.3 is 0 Å². The second-order valence-corrected chi connectivity index (χ2v) is 4.44. The topological polar surface area (TPSA) is 64.4 Å². The number of methoxy groups -OCH3 is 1. The number of hydrogen-bond donors (Lipinski definition) is 1. The van der Waals surface area contributed by atoms with E-state index in [-0.39, 0.29) is 5.69 Å². The van der Waals surface area contributed by atoms with Crippen molar-refractivity contribution in [2.75, 3.05) is 13.7 Å². The van der Waals surface area contributed by atoms with Crippen LogP contribution in [0.4, 0.5) is 5.69 Å². The summed E-state index contributed by atoms with van der Waals surface area (Å²) in [5.74, 6) is 1.12. The number of non-ortho nitro benzene ring substituents is 1. The van der Waals surface area contributed by atoms with Gasteiger partial charge in [0.05, 0.1) is 18.1 Å². The monoisotopic (exact) mass is 252 g/mol. The van der Waals surface area contributed by atoms with E-state index in [0.29, 0.717) is 18.2 Å². The maximum Gasteiger partial charge on any atom is 0.273 e. The molecule has 100 valence electrons. The van der Waals surface area contributed by atoms with Crippen molar-refractivity contribution in [1.29, 1.82) is 0 Å². The van der Waals surface area contributed by atoms with Gasteiger partial charge < -0.3 is 10.1 Å². The number of nitro benzene ring substituents is 1. The predicted molar refractivity (Wildman–Crippen MR) is 70.8 cm³/mol. The fourth-order valence-corrected chi connectivity index (χ4v) is 1.58. The normalized spacial score (nSPS) is 12.2. The van der Waals surface area contributed by atoms with Crippen LogP contribution in [-0.4, -0.2) is 18.6 Å². The van der Waals surface area contributed by atoms with E-state index in [1.165, 1.54) is 13.2 Å². The Labute approximate surface area is 107 Å². The maximum atomic E-state index is 10.8. The zero-order valence-electron chi connectivity index (χ0n) is 11.1. The van der Waals surface area contributed by atoms with Crippen LogP contribution >= 0.6 is 0 Å². The Hall–Kier alpha value is -1.62. The van der Waals surface area contributed by atoms with E-state index in [4.69, 9.17) is 4.74 Å². The Kier molecular flexibility index (Phi) is 5.58. The lowest BCUT2D eigenvalue weighted by Crippen LogP contribution is -2.20. The Bertz CT molecular complexity index is 407. The first-order chi connectivity index (χ1) is 8.56. The smallest absolute Gasteiger partial charge is 0.273 e. The molecule has 0 aliphatic carbocycles. The summed E-state index contributed by atoms with van der Waals surface area (Å²) < 4.78 is 5.06. The molecule has 0 saturated heterocycles. The summed E-state index contributed by atoms with van der Waals surface area (Å²) in [5.41, 5.74) is 0.930. The van der Waals surface area contributed by atoms with Gasteiger partial charge in [0.2, 0.25) is 0 Å². The summed E-state index contributed by atoms with van der Waals surface area (Å²) in [7, 11) is 1.51. The number of benzene rings is 1. The molecule has 18 heavy (non-hydrogen) atoms. The first-order valence-corrected chi connectivity index (χ1v) is 6.09. The van der Waals surface area contributed by atoms with Crippen molar-refractivity contribution in [2.45, 2.75) is 26.8 Å². The second-order valence-electron chi connectivity index (χ2n) is 4.44. The van der Waals surface area contributed by atoms with Crippen LogP contribution in [-0.2, 0) is 6.54 Å². The maximum absolute atomic E-state index is 10.8. The lowest BCUT2D eigenvalue weighted by atomic mass is 10.1. The number of nitrogens with zero attached hydrogens (tertiary/aromatic N) is 1. The van der Waals surface area contributed by atoms with Gasteiger partial charge in [-0.2, -0.15) is 0 Å². The number of hydrogen-bond acceptors (Lipinski definition) is 4. The number of nitrogens with one attached hydrogen (secondary N) is 1. The van der Waals surface area contributed by atoms with E-state index in [2.05, 4.69) is 19.2 Å². The molecule has 0 amide bonds. The van der Waals surface area contributed by atoms with E-state index in [0.717, 1.165) is 18.5 Å². The van der Waals surface area contributed by atoms with E-state index < -0.39 is 4.92 Å². The average molecular weight is 252 g/mol. The molecule has 0 aromatic heterocycles. The minimum Gasteiger partial charge on any atom is -0.496 e. The molecule has 0 aliphatic rings. The van der Waals surface area contributed by atoms with Crippen molar-refractivity contribution in [3.63, 3.8) is 0 Å². The molecule has 1 N–H and O–H groups in total. The summed E-state index contributed by atoms with van der Waals surface area (Å²) in [4.78, 5) is 10.4. The van der Waals surface area contributed by atoms with Gasteiger partial charge in [0, 0.05) is 12.6 Å². The predicted octanol–water partition coefficient (Wildman–Crippen LogP) is 2.74.